The van der Waals surface area contributed by atoms with Gasteiger partial charge in [0.1, 0.15) is 0 Å². The number of nitrogens with one attached hydrogen (secondary N) is 1. The Morgan fingerprint density at radius 3 is 2.65 bits per heavy atom. The molecule has 0 aliphatic carbocycles. The zero-order valence-electron chi connectivity index (χ0n) is 12.4. The van der Waals surface area contributed by atoms with Gasteiger partial charge >= 0.3 is 0 Å². The number of halogens is 1. The molecule has 20 heavy (non-hydrogen) atoms. The normalized spacial score (nSPS) is 12.8. The SMILES string of the molecule is CC(C)C(N)CCN(C)CC(=O)Nc1ccccc1Br. The van der Waals surface area contributed by atoms with Crippen LogP contribution in [0.1, 0.15) is 20.3 Å². The Hall–Kier alpha value is -0.910. The van der Waals surface area contributed by atoms with Gasteiger partial charge in [-0.2, -0.15) is 0 Å². The Bertz CT molecular complexity index is 437. The minimum atomic E-state index is -0.0162. The Morgan fingerprint density at radius 2 is 2.05 bits per heavy atom. The minimum Gasteiger partial charge on any atom is -0.327 e. The first-order chi connectivity index (χ1) is 9.40. The lowest BCUT2D eigenvalue weighted by molar-refractivity contribution is -0.117. The number of carbonyl (C=O) groups is 1. The minimum absolute atomic E-state index is 0.0162. The highest BCUT2D eigenvalue weighted by Gasteiger charge is 2.11. The van der Waals surface area contributed by atoms with E-state index < -0.39 is 0 Å². The highest BCUT2D eigenvalue weighted by molar-refractivity contribution is 9.10. The second-order valence-corrected chi connectivity index (χ2v) is 6.32. The van der Waals surface area contributed by atoms with E-state index in [9.17, 15) is 4.79 Å². The van der Waals surface area contributed by atoms with Crippen LogP contribution in [-0.2, 0) is 4.79 Å². The predicted molar refractivity (Wildman–Crippen MR) is 87.7 cm³/mol. The fourth-order valence-corrected chi connectivity index (χ4v) is 2.16. The van der Waals surface area contributed by atoms with Crippen LogP contribution in [0, 0.1) is 5.92 Å². The van der Waals surface area contributed by atoms with Crippen molar-refractivity contribution in [2.75, 3.05) is 25.5 Å². The van der Waals surface area contributed by atoms with Gasteiger partial charge in [-0.1, -0.05) is 26.0 Å². The lowest BCUT2D eigenvalue weighted by atomic mass is 10.0. The van der Waals surface area contributed by atoms with Crippen molar-refractivity contribution in [3.63, 3.8) is 0 Å². The summed E-state index contributed by atoms with van der Waals surface area (Å²) in [6.07, 6.45) is 0.899. The maximum Gasteiger partial charge on any atom is 0.238 e. The van der Waals surface area contributed by atoms with Crippen LogP contribution >= 0.6 is 15.9 Å². The van der Waals surface area contributed by atoms with Crippen molar-refractivity contribution in [1.29, 1.82) is 0 Å². The van der Waals surface area contributed by atoms with E-state index in [2.05, 4.69) is 35.1 Å². The van der Waals surface area contributed by atoms with Gasteiger partial charge in [0.2, 0.25) is 5.91 Å². The van der Waals surface area contributed by atoms with E-state index in [0.717, 1.165) is 23.1 Å². The quantitative estimate of drug-likeness (QED) is 0.801. The van der Waals surface area contributed by atoms with Crippen LogP contribution in [-0.4, -0.2) is 37.0 Å². The Morgan fingerprint density at radius 1 is 1.40 bits per heavy atom. The number of para-hydroxylation sites is 1. The molecule has 0 spiro atoms. The van der Waals surface area contributed by atoms with Crippen molar-refractivity contribution in [2.24, 2.45) is 11.7 Å². The molecule has 1 rings (SSSR count). The van der Waals surface area contributed by atoms with E-state index in [-0.39, 0.29) is 11.9 Å². The number of rotatable bonds is 7. The van der Waals surface area contributed by atoms with Crippen LogP contribution < -0.4 is 11.1 Å². The second kappa shape index (κ2) is 8.39. The third-order valence-corrected chi connectivity index (χ3v) is 3.95. The molecular weight excluding hydrogens is 318 g/mol. The van der Waals surface area contributed by atoms with Gasteiger partial charge < -0.3 is 11.1 Å². The monoisotopic (exact) mass is 341 g/mol. The van der Waals surface area contributed by atoms with Crippen molar-refractivity contribution in [2.45, 2.75) is 26.3 Å². The van der Waals surface area contributed by atoms with E-state index >= 15 is 0 Å². The van der Waals surface area contributed by atoms with E-state index in [4.69, 9.17) is 5.73 Å². The molecule has 0 bridgehead atoms. The molecule has 5 heteroatoms. The summed E-state index contributed by atoms with van der Waals surface area (Å²) in [4.78, 5) is 13.9. The van der Waals surface area contributed by atoms with Gasteiger partial charge in [-0.15, -0.1) is 0 Å². The number of likely N-dealkylation sites (N-methyl/N-ethyl adjacent to an activating group) is 1. The number of benzene rings is 1. The number of nitrogens with zero attached hydrogens (tertiary/aromatic N) is 1. The molecule has 0 aliphatic heterocycles. The molecule has 0 saturated carbocycles. The Balaban J connectivity index is 2.37. The van der Waals surface area contributed by atoms with Gasteiger partial charge in [0, 0.05) is 10.5 Å². The number of nitrogens with two attached hydrogens (primary N) is 1. The van der Waals surface area contributed by atoms with Gasteiger partial charge in [0.25, 0.3) is 0 Å². The van der Waals surface area contributed by atoms with Crippen molar-refractivity contribution >= 4 is 27.5 Å². The number of hydrogen-bond acceptors (Lipinski definition) is 3. The summed E-state index contributed by atoms with van der Waals surface area (Å²) in [7, 11) is 1.94. The van der Waals surface area contributed by atoms with E-state index in [1.807, 2.05) is 36.2 Å². The van der Waals surface area contributed by atoms with Gasteiger partial charge in [-0.05, 0) is 54.0 Å². The average molecular weight is 342 g/mol. The first-order valence-corrected chi connectivity index (χ1v) is 7.68. The van der Waals surface area contributed by atoms with Gasteiger partial charge in [0.15, 0.2) is 0 Å². The van der Waals surface area contributed by atoms with Crippen molar-refractivity contribution in [3.8, 4) is 0 Å². The number of hydrogen-bond donors (Lipinski definition) is 2. The summed E-state index contributed by atoms with van der Waals surface area (Å²) in [5.74, 6) is 0.454. The van der Waals surface area contributed by atoms with Crippen molar-refractivity contribution < 1.29 is 4.79 Å². The average Bonchev–Trinajstić information content (AvgIpc) is 2.38. The van der Waals surface area contributed by atoms with E-state index in [1.54, 1.807) is 0 Å². The maximum atomic E-state index is 11.9. The zero-order valence-corrected chi connectivity index (χ0v) is 14.0. The third kappa shape index (κ3) is 6.03. The lowest BCUT2D eigenvalue weighted by Gasteiger charge is -2.21. The standard InChI is InChI=1S/C15H24BrN3O/c1-11(2)13(17)8-9-19(3)10-15(20)18-14-7-5-4-6-12(14)16/h4-7,11,13H,8-10,17H2,1-3H3,(H,18,20). The highest BCUT2D eigenvalue weighted by atomic mass is 79.9. The van der Waals surface area contributed by atoms with Crippen LogP contribution in [0.5, 0.6) is 0 Å². The first-order valence-electron chi connectivity index (χ1n) is 6.88. The number of amides is 1. The molecule has 0 radical (unpaired) electrons. The summed E-state index contributed by atoms with van der Waals surface area (Å²) in [5.41, 5.74) is 6.80. The molecule has 3 N–H and O–H groups in total. The fraction of sp³-hybridized carbons (Fsp3) is 0.533. The topological polar surface area (TPSA) is 58.4 Å². The molecule has 1 unspecified atom stereocenters. The molecule has 0 saturated heterocycles. The van der Waals surface area contributed by atoms with E-state index in [0.29, 0.717) is 12.5 Å². The smallest absolute Gasteiger partial charge is 0.238 e. The lowest BCUT2D eigenvalue weighted by Crippen LogP contribution is -2.35. The van der Waals surface area contributed by atoms with Crippen LogP contribution in [0.25, 0.3) is 0 Å². The molecule has 0 aromatic heterocycles. The largest absolute Gasteiger partial charge is 0.327 e. The summed E-state index contributed by atoms with van der Waals surface area (Å²) < 4.78 is 0.887. The van der Waals surface area contributed by atoms with Gasteiger partial charge in [0.05, 0.1) is 12.2 Å². The second-order valence-electron chi connectivity index (χ2n) is 5.46. The zero-order chi connectivity index (χ0) is 15.1. The molecule has 0 heterocycles. The molecular formula is C15H24BrN3O. The number of carbonyl (C=O) groups excluding carboxylic acids is 1. The number of anilines is 1. The van der Waals surface area contributed by atoms with Crippen LogP contribution in [0.15, 0.2) is 28.7 Å². The van der Waals surface area contributed by atoms with Crippen molar-refractivity contribution in [1.82, 2.24) is 4.90 Å². The molecule has 0 fully saturated rings. The van der Waals surface area contributed by atoms with Crippen LogP contribution in [0.2, 0.25) is 0 Å². The molecule has 1 aromatic carbocycles. The first kappa shape index (κ1) is 17.1. The van der Waals surface area contributed by atoms with Crippen LogP contribution in [0.4, 0.5) is 5.69 Å². The molecule has 1 amide bonds. The third-order valence-electron chi connectivity index (χ3n) is 3.26. The summed E-state index contributed by atoms with van der Waals surface area (Å²) in [6, 6.07) is 7.77. The van der Waals surface area contributed by atoms with Crippen LogP contribution in [0.3, 0.4) is 0 Å². The molecule has 112 valence electrons. The predicted octanol–water partition coefficient (Wildman–Crippen LogP) is 2.69. The molecule has 0 aliphatic rings. The fourth-order valence-electron chi connectivity index (χ4n) is 1.78. The summed E-state index contributed by atoms with van der Waals surface area (Å²) in [6.45, 7) is 5.42. The van der Waals surface area contributed by atoms with Gasteiger partial charge in [-0.3, -0.25) is 9.69 Å². The summed E-state index contributed by atoms with van der Waals surface area (Å²) >= 11 is 3.41. The molecule has 1 aromatic rings. The van der Waals surface area contributed by atoms with Gasteiger partial charge in [-0.25, -0.2) is 0 Å². The highest BCUT2D eigenvalue weighted by Crippen LogP contribution is 2.20. The summed E-state index contributed by atoms with van der Waals surface area (Å²) in [5, 5.41) is 2.89. The Kier molecular flexibility index (Phi) is 7.19. The molecule has 4 nitrogen and oxygen atoms in total. The van der Waals surface area contributed by atoms with Crippen molar-refractivity contribution in [3.05, 3.63) is 28.7 Å². The Labute approximate surface area is 129 Å². The maximum absolute atomic E-state index is 11.9. The van der Waals surface area contributed by atoms with E-state index in [1.165, 1.54) is 0 Å². The molecule has 1 atom stereocenters.